The number of nitrogens with one attached hydrogen (secondary N) is 2. The third-order valence-electron chi connectivity index (χ3n) is 4.14. The fourth-order valence-corrected chi connectivity index (χ4v) is 4.91. The highest BCUT2D eigenvalue weighted by atomic mass is 32.2. The first kappa shape index (κ1) is 21.2. The van der Waals surface area contributed by atoms with Crippen LogP contribution in [0.3, 0.4) is 0 Å². The molecule has 0 unspecified atom stereocenters. The molecule has 2 N–H and O–H groups in total. The van der Waals surface area contributed by atoms with E-state index in [0.717, 1.165) is 21.7 Å². The summed E-state index contributed by atoms with van der Waals surface area (Å²) in [5.41, 5.74) is 3.22. The number of nitrogens with zero attached hydrogens (tertiary/aromatic N) is 1. The molecule has 0 saturated heterocycles. The highest BCUT2D eigenvalue weighted by Gasteiger charge is 2.18. The number of rotatable bonds is 6. The van der Waals surface area contributed by atoms with Crippen LogP contribution in [0.4, 0.5) is 5.13 Å². The molecule has 3 aromatic rings. The lowest BCUT2D eigenvalue weighted by molar-refractivity contribution is 0.102. The molecule has 0 fully saturated rings. The smallest absolute Gasteiger partial charge is 0.257 e. The van der Waals surface area contributed by atoms with E-state index < -0.39 is 15.9 Å². The third-order valence-corrected chi connectivity index (χ3v) is 6.68. The van der Waals surface area contributed by atoms with Gasteiger partial charge in [0.15, 0.2) is 5.13 Å². The number of sulfonamides is 1. The van der Waals surface area contributed by atoms with E-state index >= 15 is 0 Å². The first-order valence-corrected chi connectivity index (χ1v) is 11.4. The van der Waals surface area contributed by atoms with E-state index in [0.29, 0.717) is 5.13 Å². The van der Waals surface area contributed by atoms with E-state index in [4.69, 9.17) is 0 Å². The van der Waals surface area contributed by atoms with Crippen LogP contribution in [-0.4, -0.2) is 25.4 Å². The number of carbonyl (C=O) groups is 1. The van der Waals surface area contributed by atoms with Crippen LogP contribution in [0.25, 0.3) is 11.3 Å². The van der Waals surface area contributed by atoms with E-state index in [9.17, 15) is 13.2 Å². The summed E-state index contributed by atoms with van der Waals surface area (Å²) < 4.78 is 27.2. The summed E-state index contributed by atoms with van der Waals surface area (Å²) >= 11 is 1.38. The van der Waals surface area contributed by atoms with Crippen LogP contribution < -0.4 is 10.0 Å². The molecule has 8 heteroatoms. The molecule has 152 valence electrons. The summed E-state index contributed by atoms with van der Waals surface area (Å²) in [5.74, 6) is -0.407. The van der Waals surface area contributed by atoms with Crippen molar-refractivity contribution in [1.29, 1.82) is 0 Å². The molecular formula is C21H23N3O3S2. The van der Waals surface area contributed by atoms with Crippen molar-refractivity contribution in [3.05, 3.63) is 64.5 Å². The Bertz CT molecular complexity index is 1130. The second-order valence-electron chi connectivity index (χ2n) is 7.05. The minimum atomic E-state index is -3.67. The van der Waals surface area contributed by atoms with E-state index in [1.54, 1.807) is 26.0 Å². The Balaban J connectivity index is 1.82. The maximum absolute atomic E-state index is 12.7. The molecule has 3 rings (SSSR count). The number of hydrogen-bond acceptors (Lipinski definition) is 5. The number of aryl methyl sites for hydroxylation is 2. The Morgan fingerprint density at radius 2 is 1.76 bits per heavy atom. The van der Waals surface area contributed by atoms with Crippen molar-refractivity contribution in [3.63, 3.8) is 0 Å². The van der Waals surface area contributed by atoms with Gasteiger partial charge in [0.2, 0.25) is 10.0 Å². The number of carbonyl (C=O) groups excluding carboxylic acids is 1. The molecule has 1 aromatic heterocycles. The number of benzene rings is 2. The van der Waals surface area contributed by atoms with Crippen molar-refractivity contribution in [1.82, 2.24) is 9.71 Å². The van der Waals surface area contributed by atoms with Gasteiger partial charge in [-0.2, -0.15) is 0 Å². The SMILES string of the molecule is Cc1ccc(-c2nc(NC(=O)c3cccc(S(=O)(=O)NC(C)C)c3)sc2C)cc1. The Morgan fingerprint density at radius 1 is 1.07 bits per heavy atom. The van der Waals surface area contributed by atoms with Gasteiger partial charge in [0.25, 0.3) is 5.91 Å². The lowest BCUT2D eigenvalue weighted by Gasteiger charge is -2.10. The van der Waals surface area contributed by atoms with Gasteiger partial charge in [0.05, 0.1) is 10.6 Å². The predicted octanol–water partition coefficient (Wildman–Crippen LogP) is 4.37. The zero-order chi connectivity index (χ0) is 21.2. The largest absolute Gasteiger partial charge is 0.298 e. The highest BCUT2D eigenvalue weighted by molar-refractivity contribution is 7.89. The van der Waals surface area contributed by atoms with Crippen LogP contribution in [0.5, 0.6) is 0 Å². The third kappa shape index (κ3) is 5.09. The van der Waals surface area contributed by atoms with Gasteiger partial charge in [0, 0.05) is 22.0 Å². The van der Waals surface area contributed by atoms with Crippen LogP contribution >= 0.6 is 11.3 Å². The molecular weight excluding hydrogens is 406 g/mol. The predicted molar refractivity (Wildman–Crippen MR) is 117 cm³/mol. The van der Waals surface area contributed by atoms with Crippen LogP contribution in [-0.2, 0) is 10.0 Å². The first-order valence-electron chi connectivity index (χ1n) is 9.14. The summed E-state index contributed by atoms with van der Waals surface area (Å²) in [6, 6.07) is 13.7. The van der Waals surface area contributed by atoms with Gasteiger partial charge in [-0.05, 0) is 45.9 Å². The van der Waals surface area contributed by atoms with Gasteiger partial charge in [-0.15, -0.1) is 11.3 Å². The fraction of sp³-hybridized carbons (Fsp3) is 0.238. The molecule has 0 bridgehead atoms. The Kier molecular flexibility index (Phi) is 6.16. The molecule has 0 aliphatic carbocycles. The minimum Gasteiger partial charge on any atom is -0.298 e. The molecule has 0 aliphatic rings. The van der Waals surface area contributed by atoms with Gasteiger partial charge in [-0.3, -0.25) is 10.1 Å². The molecule has 0 atom stereocenters. The van der Waals surface area contributed by atoms with Crippen molar-refractivity contribution in [2.45, 2.75) is 38.6 Å². The topological polar surface area (TPSA) is 88.2 Å². The van der Waals surface area contributed by atoms with Crippen LogP contribution in [0.2, 0.25) is 0 Å². The second kappa shape index (κ2) is 8.44. The standard InChI is InChI=1S/C21H23N3O3S2/c1-13(2)24-29(26,27)18-7-5-6-17(12-18)20(25)23-21-22-19(15(4)28-21)16-10-8-14(3)9-11-16/h5-13,24H,1-4H3,(H,22,23,25). The summed E-state index contributed by atoms with van der Waals surface area (Å²) in [4.78, 5) is 18.2. The first-order chi connectivity index (χ1) is 13.7. The lowest BCUT2D eigenvalue weighted by atomic mass is 10.1. The van der Waals surface area contributed by atoms with Gasteiger partial charge < -0.3 is 0 Å². The lowest BCUT2D eigenvalue weighted by Crippen LogP contribution is -2.30. The average molecular weight is 430 g/mol. The summed E-state index contributed by atoms with van der Waals surface area (Å²) in [6.07, 6.45) is 0. The monoisotopic (exact) mass is 429 g/mol. The van der Waals surface area contributed by atoms with Gasteiger partial charge in [-0.1, -0.05) is 35.9 Å². The van der Waals surface area contributed by atoms with Crippen molar-refractivity contribution in [2.24, 2.45) is 0 Å². The maximum atomic E-state index is 12.7. The number of anilines is 1. The second-order valence-corrected chi connectivity index (χ2v) is 9.96. The van der Waals surface area contributed by atoms with Gasteiger partial charge >= 0.3 is 0 Å². The van der Waals surface area contributed by atoms with E-state index in [1.807, 2.05) is 38.1 Å². The average Bonchev–Trinajstić information content (AvgIpc) is 3.01. The van der Waals surface area contributed by atoms with Crippen molar-refractivity contribution < 1.29 is 13.2 Å². The number of aromatic nitrogens is 1. The van der Waals surface area contributed by atoms with Crippen LogP contribution in [0.1, 0.15) is 34.6 Å². The number of amides is 1. The molecule has 0 radical (unpaired) electrons. The van der Waals surface area contributed by atoms with Crippen molar-refractivity contribution >= 4 is 32.4 Å². The van der Waals surface area contributed by atoms with Gasteiger partial charge in [0.1, 0.15) is 0 Å². The van der Waals surface area contributed by atoms with Crippen molar-refractivity contribution in [2.75, 3.05) is 5.32 Å². The van der Waals surface area contributed by atoms with Crippen molar-refractivity contribution in [3.8, 4) is 11.3 Å². The summed E-state index contributed by atoms with van der Waals surface area (Å²) in [6.45, 7) is 7.46. The number of hydrogen-bond donors (Lipinski definition) is 2. The Labute approximate surface area is 175 Å². The molecule has 29 heavy (non-hydrogen) atoms. The molecule has 1 heterocycles. The zero-order valence-corrected chi connectivity index (χ0v) is 18.3. The minimum absolute atomic E-state index is 0.0505. The van der Waals surface area contributed by atoms with E-state index in [2.05, 4.69) is 15.0 Å². The fourth-order valence-electron chi connectivity index (χ4n) is 2.78. The van der Waals surface area contributed by atoms with Crippen LogP contribution in [0, 0.1) is 13.8 Å². The summed E-state index contributed by atoms with van der Waals surface area (Å²) in [5, 5.41) is 3.24. The molecule has 6 nitrogen and oxygen atoms in total. The van der Waals surface area contributed by atoms with E-state index in [-0.39, 0.29) is 16.5 Å². The normalized spacial score (nSPS) is 11.6. The molecule has 1 amide bonds. The zero-order valence-electron chi connectivity index (χ0n) is 16.7. The van der Waals surface area contributed by atoms with Crippen LogP contribution in [0.15, 0.2) is 53.4 Å². The maximum Gasteiger partial charge on any atom is 0.257 e. The molecule has 2 aromatic carbocycles. The van der Waals surface area contributed by atoms with E-state index in [1.165, 1.54) is 23.5 Å². The molecule has 0 aliphatic heterocycles. The quantitative estimate of drug-likeness (QED) is 0.609. The Hall–Kier alpha value is -2.55. The Morgan fingerprint density at radius 3 is 2.41 bits per heavy atom. The highest BCUT2D eigenvalue weighted by Crippen LogP contribution is 2.30. The van der Waals surface area contributed by atoms with Gasteiger partial charge in [-0.25, -0.2) is 18.1 Å². The molecule has 0 spiro atoms. The number of thiazole rings is 1. The molecule has 0 saturated carbocycles. The summed E-state index contributed by atoms with van der Waals surface area (Å²) in [7, 11) is -3.67.